The Morgan fingerprint density at radius 1 is 1.30 bits per heavy atom. The fourth-order valence-electron chi connectivity index (χ4n) is 2.21. The van der Waals surface area contributed by atoms with E-state index < -0.39 is 11.3 Å². The summed E-state index contributed by atoms with van der Waals surface area (Å²) in [6.07, 6.45) is 4.92. The molecule has 0 aliphatic carbocycles. The molecule has 3 rings (SSSR count). The van der Waals surface area contributed by atoms with Crippen molar-refractivity contribution in [2.45, 2.75) is 20.8 Å². The molecule has 0 bridgehead atoms. The van der Waals surface area contributed by atoms with Crippen LogP contribution in [0.25, 0.3) is 11.7 Å². The third-order valence-electron chi connectivity index (χ3n) is 3.38. The molecule has 0 spiro atoms. The summed E-state index contributed by atoms with van der Waals surface area (Å²) in [7, 11) is 0. The van der Waals surface area contributed by atoms with E-state index in [1.54, 1.807) is 35.0 Å². The van der Waals surface area contributed by atoms with Crippen LogP contribution in [0, 0.1) is 5.41 Å². The molecule has 0 aromatic carbocycles. The van der Waals surface area contributed by atoms with E-state index in [2.05, 4.69) is 10.3 Å². The summed E-state index contributed by atoms with van der Waals surface area (Å²) < 4.78 is 1.71. The van der Waals surface area contributed by atoms with E-state index in [9.17, 15) is 14.4 Å². The van der Waals surface area contributed by atoms with Crippen LogP contribution in [-0.4, -0.2) is 26.3 Å². The number of thioether (sulfide) groups is 1. The van der Waals surface area contributed by atoms with E-state index in [0.29, 0.717) is 21.8 Å². The number of rotatable bonds is 2. The topological polar surface area (TPSA) is 80.5 Å². The second-order valence-electron chi connectivity index (χ2n) is 6.27. The van der Waals surface area contributed by atoms with Gasteiger partial charge in [-0.05, 0) is 35.5 Å². The summed E-state index contributed by atoms with van der Waals surface area (Å²) in [5.74, 6) is -0.422. The maximum atomic E-state index is 12.5. The molecule has 1 aliphatic heterocycles. The highest BCUT2D eigenvalue weighted by molar-refractivity contribution is 8.18. The van der Waals surface area contributed by atoms with Crippen molar-refractivity contribution in [1.29, 1.82) is 0 Å². The number of imidazole rings is 1. The van der Waals surface area contributed by atoms with Crippen molar-refractivity contribution in [3.05, 3.63) is 40.7 Å². The lowest BCUT2D eigenvalue weighted by Crippen LogP contribution is -2.21. The number of hydrogen-bond donors (Lipinski definition) is 1. The number of hydrogen-bond acceptors (Lipinski definition) is 5. The Hall–Kier alpha value is -2.41. The minimum Gasteiger partial charge on any atom is -0.296 e. The summed E-state index contributed by atoms with van der Waals surface area (Å²) in [4.78, 5) is 39.9. The van der Waals surface area contributed by atoms with Gasteiger partial charge in [0.2, 0.25) is 0 Å². The van der Waals surface area contributed by atoms with Crippen LogP contribution in [0.1, 0.15) is 36.8 Å². The first-order valence-electron chi connectivity index (χ1n) is 7.02. The number of carbonyl (C=O) groups excluding carboxylic acids is 3. The Balaban J connectivity index is 2.05. The predicted octanol–water partition coefficient (Wildman–Crippen LogP) is 2.89. The van der Waals surface area contributed by atoms with Gasteiger partial charge in [0, 0.05) is 11.6 Å². The van der Waals surface area contributed by atoms with Crippen molar-refractivity contribution in [2.24, 2.45) is 5.41 Å². The minimum absolute atomic E-state index is 0.0158. The van der Waals surface area contributed by atoms with Gasteiger partial charge in [0.05, 0.1) is 11.1 Å². The molecule has 1 fully saturated rings. The normalized spacial score (nSPS) is 17.1. The monoisotopic (exact) mass is 329 g/mol. The fourth-order valence-corrected chi connectivity index (χ4v) is 2.89. The lowest BCUT2D eigenvalue weighted by molar-refractivity contribution is -0.115. The molecule has 2 aromatic heterocycles. The van der Waals surface area contributed by atoms with Gasteiger partial charge in [-0.3, -0.25) is 24.1 Å². The van der Waals surface area contributed by atoms with Crippen LogP contribution in [0.4, 0.5) is 4.79 Å². The van der Waals surface area contributed by atoms with Crippen molar-refractivity contribution >= 4 is 40.4 Å². The van der Waals surface area contributed by atoms with Crippen LogP contribution < -0.4 is 5.32 Å². The lowest BCUT2D eigenvalue weighted by atomic mass is 9.89. The van der Waals surface area contributed by atoms with Crippen molar-refractivity contribution in [3.63, 3.8) is 0 Å². The number of pyridine rings is 1. The first kappa shape index (κ1) is 15.5. The van der Waals surface area contributed by atoms with Crippen molar-refractivity contribution < 1.29 is 14.4 Å². The van der Waals surface area contributed by atoms with Gasteiger partial charge in [-0.25, -0.2) is 4.98 Å². The Morgan fingerprint density at radius 3 is 2.65 bits per heavy atom. The number of nitrogens with one attached hydrogen (secondary N) is 1. The molecule has 1 saturated heterocycles. The van der Waals surface area contributed by atoms with Gasteiger partial charge >= 0.3 is 0 Å². The first-order chi connectivity index (χ1) is 10.8. The first-order valence-corrected chi connectivity index (χ1v) is 7.84. The Bertz CT molecular complexity index is 874. The Kier molecular flexibility index (Phi) is 3.60. The largest absolute Gasteiger partial charge is 0.296 e. The van der Waals surface area contributed by atoms with Gasteiger partial charge in [-0.2, -0.15) is 0 Å². The highest BCUT2D eigenvalue weighted by atomic mass is 32.2. The minimum atomic E-state index is -0.516. The molecular formula is C16H15N3O3S. The third-order valence-corrected chi connectivity index (χ3v) is 4.19. The second kappa shape index (κ2) is 5.34. The summed E-state index contributed by atoms with van der Waals surface area (Å²) in [6, 6.07) is 3.56. The maximum absolute atomic E-state index is 12.5. The molecule has 7 heteroatoms. The van der Waals surface area contributed by atoms with Gasteiger partial charge in [0.25, 0.3) is 11.1 Å². The molecule has 0 radical (unpaired) electrons. The van der Waals surface area contributed by atoms with E-state index in [-0.39, 0.29) is 11.0 Å². The van der Waals surface area contributed by atoms with E-state index in [4.69, 9.17) is 0 Å². The van der Waals surface area contributed by atoms with Gasteiger partial charge < -0.3 is 0 Å². The van der Waals surface area contributed by atoms with Crippen LogP contribution in [-0.2, 0) is 4.79 Å². The molecule has 3 heterocycles. The van der Waals surface area contributed by atoms with Crippen LogP contribution in [0.2, 0.25) is 0 Å². The van der Waals surface area contributed by atoms with E-state index in [1.807, 2.05) is 20.8 Å². The standard InChI is InChI=1S/C16H15N3O3S/c1-16(2,3)13(20)10-7-17-12-5-4-9(8-19(10)12)6-11-14(21)18-15(22)23-11/h4-8H,1-3H3,(H,18,21,22)/b11-6-. The Morgan fingerprint density at radius 2 is 2.04 bits per heavy atom. The molecule has 118 valence electrons. The molecule has 23 heavy (non-hydrogen) atoms. The molecule has 0 saturated carbocycles. The van der Waals surface area contributed by atoms with Gasteiger partial charge in [-0.1, -0.05) is 20.8 Å². The van der Waals surface area contributed by atoms with E-state index in [1.165, 1.54) is 0 Å². The average molecular weight is 329 g/mol. The zero-order valence-corrected chi connectivity index (χ0v) is 13.7. The van der Waals surface area contributed by atoms with Crippen LogP contribution in [0.3, 0.4) is 0 Å². The molecular weight excluding hydrogens is 314 g/mol. The zero-order valence-electron chi connectivity index (χ0n) is 12.9. The van der Waals surface area contributed by atoms with Crippen LogP contribution in [0.5, 0.6) is 0 Å². The summed E-state index contributed by atoms with van der Waals surface area (Å²) >= 11 is 0.860. The molecule has 0 atom stereocenters. The number of carbonyl (C=O) groups is 3. The zero-order chi connectivity index (χ0) is 16.8. The molecule has 2 aromatic rings. The summed E-state index contributed by atoms with van der Waals surface area (Å²) in [5.41, 5.74) is 1.34. The molecule has 6 nitrogen and oxygen atoms in total. The lowest BCUT2D eigenvalue weighted by Gasteiger charge is -2.15. The fraction of sp³-hybridized carbons (Fsp3) is 0.250. The quantitative estimate of drug-likeness (QED) is 0.677. The van der Waals surface area contributed by atoms with Crippen LogP contribution in [0.15, 0.2) is 29.4 Å². The number of amides is 2. The molecule has 1 N–H and O–H groups in total. The SMILES string of the molecule is CC(C)(C)C(=O)c1cnc2ccc(/C=C3\SC(=O)NC3=O)cn12. The second-order valence-corrected chi connectivity index (χ2v) is 7.28. The van der Waals surface area contributed by atoms with E-state index >= 15 is 0 Å². The maximum Gasteiger partial charge on any atom is 0.290 e. The smallest absolute Gasteiger partial charge is 0.290 e. The number of nitrogens with zero attached hydrogens (tertiary/aromatic N) is 2. The van der Waals surface area contributed by atoms with Gasteiger partial charge in [0.1, 0.15) is 11.3 Å². The van der Waals surface area contributed by atoms with E-state index in [0.717, 1.165) is 11.8 Å². The highest BCUT2D eigenvalue weighted by Crippen LogP contribution is 2.26. The number of Topliss-reactive ketones (excluding diaryl/α,β-unsaturated/α-hetero) is 1. The average Bonchev–Trinajstić information content (AvgIpc) is 3.00. The number of aromatic nitrogens is 2. The highest BCUT2D eigenvalue weighted by Gasteiger charge is 2.27. The van der Waals surface area contributed by atoms with Gasteiger partial charge in [-0.15, -0.1) is 0 Å². The number of imide groups is 1. The summed E-state index contributed by atoms with van der Waals surface area (Å²) in [5, 5.41) is 1.83. The summed E-state index contributed by atoms with van der Waals surface area (Å²) in [6.45, 7) is 5.56. The molecule has 1 aliphatic rings. The van der Waals surface area contributed by atoms with Crippen molar-refractivity contribution in [1.82, 2.24) is 14.7 Å². The molecule has 2 amide bonds. The predicted molar refractivity (Wildman–Crippen MR) is 88.1 cm³/mol. The Labute approximate surface area is 137 Å². The third kappa shape index (κ3) is 2.92. The number of fused-ring (bicyclic) bond motifs is 1. The van der Waals surface area contributed by atoms with Crippen LogP contribution >= 0.6 is 11.8 Å². The van der Waals surface area contributed by atoms with Crippen molar-refractivity contribution in [3.8, 4) is 0 Å². The van der Waals surface area contributed by atoms with Crippen molar-refractivity contribution in [2.75, 3.05) is 0 Å². The molecule has 0 unspecified atom stereocenters. The van der Waals surface area contributed by atoms with Gasteiger partial charge in [0.15, 0.2) is 5.78 Å². The number of ketones is 1.